The number of amides is 1. The van der Waals surface area contributed by atoms with E-state index in [4.69, 9.17) is 0 Å². The lowest BCUT2D eigenvalue weighted by atomic mass is 10.2. The number of benzene rings is 1. The molecule has 0 fully saturated rings. The number of nitrogens with zero attached hydrogens (tertiary/aromatic N) is 5. The van der Waals surface area contributed by atoms with Crippen molar-refractivity contribution in [2.45, 2.75) is 19.9 Å². The topological polar surface area (TPSA) is 88.3 Å². The molecule has 0 saturated heterocycles. The van der Waals surface area contributed by atoms with Gasteiger partial charge < -0.3 is 4.90 Å². The summed E-state index contributed by atoms with van der Waals surface area (Å²) in [5, 5.41) is 4.16. The van der Waals surface area contributed by atoms with E-state index in [0.29, 0.717) is 5.69 Å². The molecule has 0 aliphatic heterocycles. The van der Waals surface area contributed by atoms with Gasteiger partial charge in [0, 0.05) is 26.2 Å². The second-order valence-corrected chi connectivity index (χ2v) is 6.52. The van der Waals surface area contributed by atoms with Gasteiger partial charge in [0.25, 0.3) is 0 Å². The molecule has 0 spiro atoms. The average Bonchev–Trinajstić information content (AvgIpc) is 2.97. The van der Waals surface area contributed by atoms with Gasteiger partial charge in [-0.1, -0.05) is 23.3 Å². The molecule has 1 amide bonds. The molecule has 0 radical (unpaired) electrons. The zero-order valence-corrected chi connectivity index (χ0v) is 14.3. The maximum atomic E-state index is 12.3. The first kappa shape index (κ1) is 17.3. The summed E-state index contributed by atoms with van der Waals surface area (Å²) in [6.45, 7) is 3.60. The van der Waals surface area contributed by atoms with E-state index in [0.717, 1.165) is 4.68 Å². The normalized spacial score (nSPS) is 15.2. The van der Waals surface area contributed by atoms with Gasteiger partial charge in [-0.3, -0.25) is 4.55 Å². The minimum atomic E-state index is -2.33. The Balaban J connectivity index is 2.64. The minimum absolute atomic E-state index is 0.0854. The third-order valence-corrected chi connectivity index (χ3v) is 4.76. The first-order valence-corrected chi connectivity index (χ1v) is 8.08. The summed E-state index contributed by atoms with van der Waals surface area (Å²) in [4.78, 5) is 17.5. The highest BCUT2D eigenvalue weighted by atomic mass is 32.2. The van der Waals surface area contributed by atoms with Crippen molar-refractivity contribution in [1.82, 2.24) is 23.6 Å². The second-order valence-electron chi connectivity index (χ2n) is 5.48. The molecule has 1 aromatic heterocycles. The Morgan fingerprint density at radius 1 is 1.30 bits per heavy atom. The number of para-hydroxylation sites is 1. The first-order chi connectivity index (χ1) is 10.8. The van der Waals surface area contributed by atoms with E-state index in [9.17, 15) is 13.6 Å². The smallest absolute Gasteiger partial charge is 0.329 e. The molecule has 124 valence electrons. The molecule has 1 heterocycles. The molecule has 1 aromatic carbocycles. The third kappa shape index (κ3) is 2.90. The molecule has 0 bridgehead atoms. The number of hydrogen-bond acceptors (Lipinski definition) is 4. The molecule has 23 heavy (non-hydrogen) atoms. The number of quaternary nitrogens is 1. The Kier molecular flexibility index (Phi) is 4.93. The standard InChI is InChI=1S/C14H19N5O3S/c1-11(2)19(23(21)22,12-8-6-5-7-9-12)13-15-10-18(16-13)14(20)17(3)4/h5-11H,1-4H3/p+1. The van der Waals surface area contributed by atoms with E-state index >= 15 is 0 Å². The van der Waals surface area contributed by atoms with E-state index < -0.39 is 15.2 Å². The molecule has 0 saturated carbocycles. The van der Waals surface area contributed by atoms with E-state index in [1.807, 2.05) is 6.07 Å². The average molecular weight is 338 g/mol. The van der Waals surface area contributed by atoms with Crippen molar-refractivity contribution >= 4 is 28.9 Å². The van der Waals surface area contributed by atoms with Gasteiger partial charge in [-0.2, -0.15) is 13.9 Å². The molecule has 2 rings (SSSR count). The van der Waals surface area contributed by atoms with Gasteiger partial charge in [-0.25, -0.2) is 4.79 Å². The largest absolute Gasteiger partial charge is 0.372 e. The van der Waals surface area contributed by atoms with Crippen LogP contribution in [0.4, 0.5) is 16.4 Å². The van der Waals surface area contributed by atoms with E-state index in [1.54, 1.807) is 52.2 Å². The predicted octanol–water partition coefficient (Wildman–Crippen LogP) is 1.99. The zero-order valence-electron chi connectivity index (χ0n) is 13.4. The third-order valence-electron chi connectivity index (χ3n) is 3.47. The predicted molar refractivity (Wildman–Crippen MR) is 88.3 cm³/mol. The molecular formula is C14H20N5O3S+. The zero-order chi connectivity index (χ0) is 17.2. The Bertz CT molecular complexity index is 716. The summed E-state index contributed by atoms with van der Waals surface area (Å²) in [5.41, 5.74) is 0.568. The molecular weight excluding hydrogens is 318 g/mol. The summed E-state index contributed by atoms with van der Waals surface area (Å²) in [7, 11) is 3.19. The monoisotopic (exact) mass is 338 g/mol. The van der Waals surface area contributed by atoms with Crippen molar-refractivity contribution in [3.8, 4) is 0 Å². The SMILES string of the molecule is CC(C)[N+](c1ccccc1)(c1ncn(C(=O)N(C)C)n1)S(=O)O. The van der Waals surface area contributed by atoms with Gasteiger partial charge in [0.05, 0.1) is 0 Å². The second kappa shape index (κ2) is 6.57. The Morgan fingerprint density at radius 3 is 2.39 bits per heavy atom. The lowest BCUT2D eigenvalue weighted by Gasteiger charge is -2.32. The summed E-state index contributed by atoms with van der Waals surface area (Å²) in [6, 6.07) is 8.14. The van der Waals surface area contributed by atoms with E-state index in [1.165, 1.54) is 11.2 Å². The van der Waals surface area contributed by atoms with Crippen LogP contribution in [0.25, 0.3) is 0 Å². The first-order valence-electron chi connectivity index (χ1n) is 7.01. The van der Waals surface area contributed by atoms with Crippen molar-refractivity contribution in [2.75, 3.05) is 14.1 Å². The van der Waals surface area contributed by atoms with Crippen molar-refractivity contribution in [1.29, 1.82) is 0 Å². The highest BCUT2D eigenvalue weighted by molar-refractivity contribution is 7.79. The molecule has 1 N–H and O–H groups in total. The van der Waals surface area contributed by atoms with E-state index in [2.05, 4.69) is 10.1 Å². The van der Waals surface area contributed by atoms with Crippen LogP contribution in [0.2, 0.25) is 0 Å². The molecule has 0 aliphatic rings. The quantitative estimate of drug-likeness (QED) is 0.680. The van der Waals surface area contributed by atoms with Crippen LogP contribution in [0.5, 0.6) is 0 Å². The van der Waals surface area contributed by atoms with Gasteiger partial charge in [0.15, 0.2) is 5.69 Å². The van der Waals surface area contributed by atoms with Gasteiger partial charge in [-0.05, 0) is 13.8 Å². The maximum Gasteiger partial charge on any atom is 0.372 e. The molecule has 0 aliphatic carbocycles. The fourth-order valence-corrected chi connectivity index (χ4v) is 3.22. The lowest BCUT2D eigenvalue weighted by Crippen LogP contribution is -2.52. The van der Waals surface area contributed by atoms with Gasteiger partial charge in [0.2, 0.25) is 0 Å². The van der Waals surface area contributed by atoms with E-state index in [-0.39, 0.29) is 18.0 Å². The maximum absolute atomic E-state index is 12.3. The number of aromatic nitrogens is 3. The highest BCUT2D eigenvalue weighted by Crippen LogP contribution is 2.36. The Morgan fingerprint density at radius 2 is 1.91 bits per heavy atom. The summed E-state index contributed by atoms with van der Waals surface area (Å²) < 4.78 is 22.9. The van der Waals surface area contributed by atoms with Gasteiger partial charge >= 0.3 is 23.2 Å². The Hall–Kier alpha value is -2.10. The molecule has 2 atom stereocenters. The van der Waals surface area contributed by atoms with Crippen LogP contribution in [0.1, 0.15) is 13.8 Å². The van der Waals surface area contributed by atoms with Crippen molar-refractivity contribution in [3.05, 3.63) is 36.7 Å². The minimum Gasteiger partial charge on any atom is -0.329 e. The number of carbonyl (C=O) groups is 1. The van der Waals surface area contributed by atoms with Crippen molar-refractivity contribution in [3.63, 3.8) is 0 Å². The van der Waals surface area contributed by atoms with Crippen LogP contribution >= 0.6 is 0 Å². The van der Waals surface area contributed by atoms with Crippen molar-refractivity contribution in [2.24, 2.45) is 0 Å². The fourth-order valence-electron chi connectivity index (χ4n) is 2.34. The van der Waals surface area contributed by atoms with Gasteiger partial charge in [-0.15, -0.1) is 3.89 Å². The molecule has 2 aromatic rings. The van der Waals surface area contributed by atoms with Crippen LogP contribution in [0.3, 0.4) is 0 Å². The van der Waals surface area contributed by atoms with Crippen LogP contribution in [0, 0.1) is 0 Å². The highest BCUT2D eigenvalue weighted by Gasteiger charge is 2.47. The van der Waals surface area contributed by atoms with Crippen LogP contribution < -0.4 is 3.89 Å². The van der Waals surface area contributed by atoms with Crippen molar-refractivity contribution < 1.29 is 13.6 Å². The van der Waals surface area contributed by atoms with Gasteiger partial charge in [0.1, 0.15) is 12.4 Å². The number of rotatable bonds is 4. The van der Waals surface area contributed by atoms with Crippen LogP contribution in [-0.2, 0) is 11.3 Å². The van der Waals surface area contributed by atoms with Crippen LogP contribution in [0.15, 0.2) is 36.7 Å². The molecule has 9 heteroatoms. The number of carbonyl (C=O) groups excluding carboxylic acids is 1. The van der Waals surface area contributed by atoms with Crippen LogP contribution in [-0.4, -0.2) is 54.6 Å². The summed E-state index contributed by atoms with van der Waals surface area (Å²) >= 11 is -2.33. The lowest BCUT2D eigenvalue weighted by molar-refractivity contribution is 0.215. The summed E-state index contributed by atoms with van der Waals surface area (Å²) in [6.07, 6.45) is 1.25. The fraction of sp³-hybridized carbons (Fsp3) is 0.357. The number of hydrogen-bond donors (Lipinski definition) is 1. The Labute approximate surface area is 137 Å². The molecule has 2 unspecified atom stereocenters. The summed E-state index contributed by atoms with van der Waals surface area (Å²) in [5.74, 6) is 0.0854. The molecule has 8 nitrogen and oxygen atoms in total.